The molecule has 0 atom stereocenters. The summed E-state index contributed by atoms with van der Waals surface area (Å²) in [7, 11) is -3.67. The molecule has 1 rings (SSSR count). The van der Waals surface area contributed by atoms with E-state index in [0.717, 1.165) is 0 Å². The first-order valence-corrected chi connectivity index (χ1v) is 3.47. The maximum Gasteiger partial charge on any atom is 1.00 e. The summed E-state index contributed by atoms with van der Waals surface area (Å²) >= 11 is 0. The molecule has 11 heavy (non-hydrogen) atoms. The van der Waals surface area contributed by atoms with Crippen LogP contribution in [0, 0.1) is 6.42 Å². The average molecular weight is 190 g/mol. The van der Waals surface area contributed by atoms with E-state index in [1.165, 1.54) is 32.1 Å². The molecule has 1 saturated carbocycles. The number of halogens is 3. The molecule has 1 fully saturated rings. The van der Waals surface area contributed by atoms with Gasteiger partial charge in [0.05, 0.1) is 0 Å². The van der Waals surface area contributed by atoms with Crippen LogP contribution >= 0.6 is 0 Å². The summed E-state index contributed by atoms with van der Waals surface area (Å²) in [5, 5.41) is 0. The predicted molar refractivity (Wildman–Crippen MR) is 36.5 cm³/mol. The average Bonchev–Trinajstić information content (AvgIpc) is 1.90. The van der Waals surface area contributed by atoms with Crippen molar-refractivity contribution in [1.29, 1.82) is 0 Å². The van der Waals surface area contributed by atoms with Crippen LogP contribution in [-0.4, -0.2) is 7.54 Å². The molecule has 0 aromatic carbocycles. The summed E-state index contributed by atoms with van der Waals surface area (Å²) in [4.78, 5) is 0. The molecule has 0 N–H and O–H groups in total. The van der Waals surface area contributed by atoms with Crippen molar-refractivity contribution in [2.24, 2.45) is 0 Å². The van der Waals surface area contributed by atoms with Gasteiger partial charge in [0, 0.05) is 0 Å². The van der Waals surface area contributed by atoms with Crippen LogP contribution in [0.3, 0.4) is 0 Å². The van der Waals surface area contributed by atoms with Gasteiger partial charge in [-0.2, -0.15) is 12.8 Å². The molecule has 0 radical (unpaired) electrons. The molecule has 0 heterocycles. The molecule has 0 nitrogen and oxygen atoms in total. The van der Waals surface area contributed by atoms with E-state index in [-0.39, 0.29) is 51.4 Å². The SMILES string of the molecule is FB(F)F.[CH-]1CCCCC1.[K+]. The van der Waals surface area contributed by atoms with E-state index in [1.54, 1.807) is 0 Å². The zero-order valence-corrected chi connectivity index (χ0v) is 9.95. The van der Waals surface area contributed by atoms with Crippen molar-refractivity contribution in [3.05, 3.63) is 6.42 Å². The smallest absolute Gasteiger partial charge is 0.328 e. The molecule has 0 aliphatic heterocycles. The summed E-state index contributed by atoms with van der Waals surface area (Å²) < 4.78 is 29.0. The van der Waals surface area contributed by atoms with Gasteiger partial charge in [0.25, 0.3) is 0 Å². The summed E-state index contributed by atoms with van der Waals surface area (Å²) in [5.41, 5.74) is 0. The van der Waals surface area contributed by atoms with E-state index in [9.17, 15) is 12.9 Å². The quantitative estimate of drug-likeness (QED) is 0.373. The van der Waals surface area contributed by atoms with E-state index in [4.69, 9.17) is 0 Å². The van der Waals surface area contributed by atoms with Gasteiger partial charge < -0.3 is 6.42 Å². The van der Waals surface area contributed by atoms with Crippen LogP contribution in [0.15, 0.2) is 0 Å². The minimum Gasteiger partial charge on any atom is -0.328 e. The molecule has 0 bridgehead atoms. The zero-order valence-electron chi connectivity index (χ0n) is 6.82. The van der Waals surface area contributed by atoms with Gasteiger partial charge in [-0.25, -0.2) is 0 Å². The normalized spacial score (nSPS) is 15.5. The molecule has 1 aliphatic carbocycles. The summed E-state index contributed by atoms with van der Waals surface area (Å²) in [5.74, 6) is 0. The third-order valence-electron chi connectivity index (χ3n) is 1.32. The van der Waals surface area contributed by atoms with Gasteiger partial charge >= 0.3 is 58.9 Å². The molecule has 0 saturated heterocycles. The molecule has 0 spiro atoms. The first-order valence-electron chi connectivity index (χ1n) is 3.47. The summed E-state index contributed by atoms with van der Waals surface area (Å²) in [6.07, 6.45) is 9.50. The Morgan fingerprint density at radius 3 is 1.36 bits per heavy atom. The minimum absolute atomic E-state index is 0. The molecule has 0 aromatic rings. The van der Waals surface area contributed by atoms with E-state index < -0.39 is 7.54 Å². The van der Waals surface area contributed by atoms with Crippen LogP contribution in [0.5, 0.6) is 0 Å². The second kappa shape index (κ2) is 11.5. The molecular formula is C6H11BF3K. The second-order valence-electron chi connectivity index (χ2n) is 2.17. The standard InChI is InChI=1S/C6H11.BF3.K/c1-2-4-6-5-3-1;2-1(3)4;/h1H,2-6H2;;/q-1;;+1. The molecule has 60 valence electrons. The maximum atomic E-state index is 9.67. The van der Waals surface area contributed by atoms with Crippen LogP contribution < -0.4 is 51.4 Å². The van der Waals surface area contributed by atoms with Crippen LogP contribution in [0.2, 0.25) is 0 Å². The Hall–Kier alpha value is 1.49. The van der Waals surface area contributed by atoms with Crippen molar-refractivity contribution >= 4 is 7.54 Å². The fraction of sp³-hybridized carbons (Fsp3) is 0.833. The Balaban J connectivity index is 0. The van der Waals surface area contributed by atoms with Crippen molar-refractivity contribution in [2.75, 3.05) is 0 Å². The summed E-state index contributed by atoms with van der Waals surface area (Å²) in [6.45, 7) is 0. The van der Waals surface area contributed by atoms with Crippen LogP contribution in [0.1, 0.15) is 32.1 Å². The van der Waals surface area contributed by atoms with E-state index in [2.05, 4.69) is 6.42 Å². The largest absolute Gasteiger partial charge is 1.00 e. The van der Waals surface area contributed by atoms with E-state index >= 15 is 0 Å². The molecule has 0 aromatic heterocycles. The van der Waals surface area contributed by atoms with Gasteiger partial charge in [0.1, 0.15) is 0 Å². The fourth-order valence-corrected chi connectivity index (χ4v) is 0.898. The first-order chi connectivity index (χ1) is 4.73. The minimum atomic E-state index is -3.67. The molecule has 0 unspecified atom stereocenters. The molecular weight excluding hydrogens is 179 g/mol. The van der Waals surface area contributed by atoms with Crippen molar-refractivity contribution < 1.29 is 64.3 Å². The molecule has 5 heteroatoms. The second-order valence-corrected chi connectivity index (χ2v) is 2.17. The van der Waals surface area contributed by atoms with Gasteiger partial charge in [-0.1, -0.05) is 19.3 Å². The van der Waals surface area contributed by atoms with Crippen LogP contribution in [0.25, 0.3) is 0 Å². The van der Waals surface area contributed by atoms with Gasteiger partial charge in [-0.05, 0) is 0 Å². The Labute approximate surface area is 109 Å². The van der Waals surface area contributed by atoms with Crippen molar-refractivity contribution in [1.82, 2.24) is 0 Å². The van der Waals surface area contributed by atoms with Crippen molar-refractivity contribution in [3.8, 4) is 0 Å². The fourth-order valence-electron chi connectivity index (χ4n) is 0.898. The Morgan fingerprint density at radius 2 is 1.27 bits per heavy atom. The first kappa shape index (κ1) is 15.0. The summed E-state index contributed by atoms with van der Waals surface area (Å²) in [6, 6.07) is 0. The predicted octanol–water partition coefficient (Wildman–Crippen LogP) is 0.0386. The maximum absolute atomic E-state index is 9.67. The van der Waals surface area contributed by atoms with Crippen LogP contribution in [0.4, 0.5) is 12.9 Å². The zero-order chi connectivity index (χ0) is 7.82. The third kappa shape index (κ3) is 18.4. The third-order valence-corrected chi connectivity index (χ3v) is 1.32. The van der Waals surface area contributed by atoms with Gasteiger partial charge in [0.15, 0.2) is 0 Å². The van der Waals surface area contributed by atoms with Gasteiger partial charge in [-0.3, -0.25) is 12.9 Å². The number of hydrogen-bond donors (Lipinski definition) is 0. The molecule has 1 aliphatic rings. The topological polar surface area (TPSA) is 0 Å². The Bertz CT molecular complexity index is 54.6. The van der Waals surface area contributed by atoms with Crippen molar-refractivity contribution in [3.63, 3.8) is 0 Å². The number of rotatable bonds is 0. The number of hydrogen-bond acceptors (Lipinski definition) is 0. The van der Waals surface area contributed by atoms with Crippen molar-refractivity contribution in [2.45, 2.75) is 32.1 Å². The Kier molecular flexibility index (Phi) is 15.7. The molecule has 0 amide bonds. The monoisotopic (exact) mass is 190 g/mol. The van der Waals surface area contributed by atoms with E-state index in [1.807, 2.05) is 0 Å². The van der Waals surface area contributed by atoms with Gasteiger partial charge in [0.2, 0.25) is 0 Å². The van der Waals surface area contributed by atoms with Gasteiger partial charge in [-0.15, -0.1) is 0 Å². The Morgan fingerprint density at radius 1 is 0.909 bits per heavy atom. The van der Waals surface area contributed by atoms with E-state index in [0.29, 0.717) is 0 Å². The van der Waals surface area contributed by atoms with Crippen LogP contribution in [-0.2, 0) is 0 Å².